The molecule has 0 spiro atoms. The second kappa shape index (κ2) is 11.2. The van der Waals surface area contributed by atoms with Crippen LogP contribution in [0.15, 0.2) is 48.5 Å². The van der Waals surface area contributed by atoms with Gasteiger partial charge in [-0.15, -0.1) is 0 Å². The number of nitrogens with zero attached hydrogens (tertiary/aromatic N) is 2. The van der Waals surface area contributed by atoms with E-state index >= 15 is 0 Å². The smallest absolute Gasteiger partial charge is 0.269 e. The van der Waals surface area contributed by atoms with Gasteiger partial charge in [0.2, 0.25) is 5.91 Å². The number of hydrogen-bond donors (Lipinski definition) is 1. The first-order valence-electron chi connectivity index (χ1n) is 12.4. The topological polar surface area (TPSA) is 93.9 Å². The number of carbonyl (C=O) groups is 1. The molecule has 2 heterocycles. The standard InChI is InChI=1S/C27H35N3O5/c1-20-17-21(2)19-29(18-20)13-16-35-25-9-5-23(6-10-25)28-26(31)27(11-14-34-15-12-27)22-3-7-24(8-4-22)30(32)33/h3-10,20-21H,11-19H2,1-2H3,(H,28,31)/t20-,21-/m0/s1. The fraction of sp³-hybridized carbons (Fsp3) is 0.519. The molecule has 35 heavy (non-hydrogen) atoms. The number of benzene rings is 2. The molecule has 1 amide bonds. The zero-order valence-corrected chi connectivity index (χ0v) is 20.6. The second-order valence-corrected chi connectivity index (χ2v) is 10.0. The Labute approximate surface area is 206 Å². The van der Waals surface area contributed by atoms with Crippen LogP contribution in [0.3, 0.4) is 0 Å². The zero-order valence-electron chi connectivity index (χ0n) is 20.6. The molecule has 2 aliphatic rings. The van der Waals surface area contributed by atoms with Gasteiger partial charge in [-0.05, 0) is 60.9 Å². The van der Waals surface area contributed by atoms with E-state index in [-0.39, 0.29) is 11.6 Å². The molecule has 188 valence electrons. The quantitative estimate of drug-likeness (QED) is 0.436. The normalized spacial score (nSPS) is 22.3. The van der Waals surface area contributed by atoms with E-state index in [0.29, 0.717) is 38.3 Å². The van der Waals surface area contributed by atoms with Crippen LogP contribution < -0.4 is 10.1 Å². The molecule has 0 unspecified atom stereocenters. The lowest BCUT2D eigenvalue weighted by molar-refractivity contribution is -0.384. The molecule has 0 radical (unpaired) electrons. The van der Waals surface area contributed by atoms with Crippen molar-refractivity contribution in [1.29, 1.82) is 0 Å². The van der Waals surface area contributed by atoms with E-state index in [1.54, 1.807) is 12.1 Å². The summed E-state index contributed by atoms with van der Waals surface area (Å²) in [5.41, 5.74) is 0.681. The maximum atomic E-state index is 13.5. The van der Waals surface area contributed by atoms with E-state index in [1.807, 2.05) is 24.3 Å². The number of hydrogen-bond acceptors (Lipinski definition) is 6. The number of nitro groups is 1. The monoisotopic (exact) mass is 481 g/mol. The van der Waals surface area contributed by atoms with Gasteiger partial charge in [0.1, 0.15) is 12.4 Å². The number of nitrogens with one attached hydrogen (secondary N) is 1. The first kappa shape index (κ1) is 25.1. The molecule has 2 fully saturated rings. The Morgan fingerprint density at radius 3 is 2.31 bits per heavy atom. The lowest BCUT2D eigenvalue weighted by Gasteiger charge is -2.36. The van der Waals surface area contributed by atoms with Crippen molar-refractivity contribution in [2.75, 3.05) is 44.8 Å². The van der Waals surface area contributed by atoms with Crippen LogP contribution in [0, 0.1) is 22.0 Å². The maximum Gasteiger partial charge on any atom is 0.269 e. The molecular formula is C27H35N3O5. The van der Waals surface area contributed by atoms with Gasteiger partial charge >= 0.3 is 0 Å². The van der Waals surface area contributed by atoms with Gasteiger partial charge in [0.25, 0.3) is 5.69 Å². The van der Waals surface area contributed by atoms with Crippen LogP contribution in [0.4, 0.5) is 11.4 Å². The minimum atomic E-state index is -0.786. The summed E-state index contributed by atoms with van der Waals surface area (Å²) < 4.78 is 11.5. The van der Waals surface area contributed by atoms with E-state index in [4.69, 9.17) is 9.47 Å². The summed E-state index contributed by atoms with van der Waals surface area (Å²) in [5, 5.41) is 14.1. The van der Waals surface area contributed by atoms with Gasteiger partial charge in [0.15, 0.2) is 0 Å². The van der Waals surface area contributed by atoms with Crippen LogP contribution >= 0.6 is 0 Å². The molecule has 1 N–H and O–H groups in total. The van der Waals surface area contributed by atoms with Crippen LogP contribution in [0.1, 0.15) is 38.7 Å². The van der Waals surface area contributed by atoms with Gasteiger partial charge in [-0.1, -0.05) is 26.0 Å². The highest BCUT2D eigenvalue weighted by Gasteiger charge is 2.42. The molecule has 0 aromatic heterocycles. The minimum Gasteiger partial charge on any atom is -0.492 e. The number of carbonyl (C=O) groups excluding carboxylic acids is 1. The Bertz CT molecular complexity index is 992. The third-order valence-electron chi connectivity index (χ3n) is 7.14. The van der Waals surface area contributed by atoms with Crippen LogP contribution in [0.2, 0.25) is 0 Å². The van der Waals surface area contributed by atoms with Crippen molar-refractivity contribution >= 4 is 17.3 Å². The Kier molecular flexibility index (Phi) is 8.03. The Hall–Kier alpha value is -2.97. The zero-order chi connectivity index (χ0) is 24.8. The predicted molar refractivity (Wildman–Crippen MR) is 135 cm³/mol. The van der Waals surface area contributed by atoms with E-state index in [0.717, 1.165) is 42.8 Å². The van der Waals surface area contributed by atoms with Gasteiger partial charge in [-0.25, -0.2) is 0 Å². The molecule has 8 heteroatoms. The number of non-ortho nitro benzene ring substituents is 1. The summed E-state index contributed by atoms with van der Waals surface area (Å²) in [6.45, 7) is 9.34. The first-order valence-corrected chi connectivity index (χ1v) is 12.4. The number of piperidine rings is 1. The fourth-order valence-electron chi connectivity index (χ4n) is 5.42. The molecule has 8 nitrogen and oxygen atoms in total. The molecule has 2 aromatic carbocycles. The number of amides is 1. The van der Waals surface area contributed by atoms with Gasteiger partial charge in [0, 0.05) is 50.7 Å². The average molecular weight is 482 g/mol. The molecule has 0 saturated carbocycles. The Balaban J connectivity index is 1.36. The van der Waals surface area contributed by atoms with Gasteiger partial charge in [0.05, 0.1) is 10.3 Å². The van der Waals surface area contributed by atoms with Crippen LogP contribution in [-0.4, -0.2) is 55.2 Å². The Morgan fingerprint density at radius 2 is 1.71 bits per heavy atom. The second-order valence-electron chi connectivity index (χ2n) is 10.0. The van der Waals surface area contributed by atoms with Crippen LogP contribution in [0.5, 0.6) is 5.75 Å². The molecule has 2 atom stereocenters. The largest absolute Gasteiger partial charge is 0.492 e. The van der Waals surface area contributed by atoms with Gasteiger partial charge in [-0.3, -0.25) is 19.8 Å². The number of nitro benzene ring substituents is 1. The number of anilines is 1. The highest BCUT2D eigenvalue weighted by Crippen LogP contribution is 2.37. The number of likely N-dealkylation sites (tertiary alicyclic amines) is 1. The Morgan fingerprint density at radius 1 is 1.09 bits per heavy atom. The predicted octanol–water partition coefficient (Wildman–Crippen LogP) is 4.64. The summed E-state index contributed by atoms with van der Waals surface area (Å²) in [5.74, 6) is 2.10. The third-order valence-corrected chi connectivity index (χ3v) is 7.14. The first-order chi connectivity index (χ1) is 16.9. The highest BCUT2D eigenvalue weighted by molar-refractivity contribution is 5.99. The summed E-state index contributed by atoms with van der Waals surface area (Å²) >= 11 is 0. The third kappa shape index (κ3) is 6.18. The summed E-state index contributed by atoms with van der Waals surface area (Å²) in [6, 6.07) is 13.7. The summed E-state index contributed by atoms with van der Waals surface area (Å²) in [6.07, 6.45) is 2.33. The fourth-order valence-corrected chi connectivity index (χ4v) is 5.42. The molecule has 0 aliphatic carbocycles. The molecule has 0 bridgehead atoms. The average Bonchev–Trinajstić information content (AvgIpc) is 2.85. The maximum absolute atomic E-state index is 13.5. The van der Waals surface area contributed by atoms with Crippen molar-refractivity contribution in [3.05, 3.63) is 64.2 Å². The van der Waals surface area contributed by atoms with Crippen molar-refractivity contribution in [3.8, 4) is 5.75 Å². The van der Waals surface area contributed by atoms with E-state index in [2.05, 4.69) is 24.1 Å². The lowest BCUT2D eigenvalue weighted by atomic mass is 9.73. The summed E-state index contributed by atoms with van der Waals surface area (Å²) in [4.78, 5) is 26.5. The molecule has 4 rings (SSSR count). The highest BCUT2D eigenvalue weighted by atomic mass is 16.6. The van der Waals surface area contributed by atoms with Gasteiger partial charge < -0.3 is 14.8 Å². The van der Waals surface area contributed by atoms with E-state index in [1.165, 1.54) is 18.6 Å². The molecule has 2 aromatic rings. The van der Waals surface area contributed by atoms with Crippen molar-refractivity contribution in [3.63, 3.8) is 0 Å². The summed E-state index contributed by atoms with van der Waals surface area (Å²) in [7, 11) is 0. The number of ether oxygens (including phenoxy) is 2. The van der Waals surface area contributed by atoms with E-state index in [9.17, 15) is 14.9 Å². The van der Waals surface area contributed by atoms with Crippen molar-refractivity contribution in [1.82, 2.24) is 4.90 Å². The van der Waals surface area contributed by atoms with Crippen molar-refractivity contribution < 1.29 is 19.2 Å². The van der Waals surface area contributed by atoms with Crippen molar-refractivity contribution in [2.45, 2.75) is 38.5 Å². The van der Waals surface area contributed by atoms with E-state index < -0.39 is 10.3 Å². The molecule has 2 aliphatic heterocycles. The minimum absolute atomic E-state index is 0.0104. The SMILES string of the molecule is C[C@H]1C[C@H](C)CN(CCOc2ccc(NC(=O)C3(c4ccc([N+](=O)[O-])cc4)CCOCC3)cc2)C1. The van der Waals surface area contributed by atoms with Gasteiger partial charge in [-0.2, -0.15) is 0 Å². The molecular weight excluding hydrogens is 446 g/mol. The number of rotatable bonds is 8. The van der Waals surface area contributed by atoms with Crippen LogP contribution in [-0.2, 0) is 14.9 Å². The van der Waals surface area contributed by atoms with Crippen LogP contribution in [0.25, 0.3) is 0 Å². The van der Waals surface area contributed by atoms with Crippen molar-refractivity contribution in [2.24, 2.45) is 11.8 Å². The molecule has 2 saturated heterocycles. The lowest BCUT2D eigenvalue weighted by Crippen LogP contribution is -2.44.